The fourth-order valence-corrected chi connectivity index (χ4v) is 2.41. The van der Waals surface area contributed by atoms with E-state index in [1.165, 1.54) is 0 Å². The molecule has 0 fully saturated rings. The summed E-state index contributed by atoms with van der Waals surface area (Å²) in [5.74, 6) is 0.624. The summed E-state index contributed by atoms with van der Waals surface area (Å²) in [5, 5.41) is 7.73. The Kier molecular flexibility index (Phi) is 8.74. The van der Waals surface area contributed by atoms with Crippen LogP contribution in [0.5, 0.6) is 0 Å². The van der Waals surface area contributed by atoms with E-state index >= 15 is 0 Å². The minimum absolute atomic E-state index is 0. The van der Waals surface area contributed by atoms with Crippen LogP contribution in [0.1, 0.15) is 42.6 Å². The number of hydrogen-bond donors (Lipinski definition) is 2. The summed E-state index contributed by atoms with van der Waals surface area (Å²) in [6, 6.07) is 7.39. The third-order valence-electron chi connectivity index (χ3n) is 3.35. The zero-order chi connectivity index (χ0) is 16.7. The highest BCUT2D eigenvalue weighted by atomic mass is 35.5. The largest absolute Gasteiger partial charge is 0.349 e. The van der Waals surface area contributed by atoms with Crippen LogP contribution in [-0.2, 0) is 6.42 Å². The molecule has 0 aliphatic rings. The van der Waals surface area contributed by atoms with Gasteiger partial charge >= 0.3 is 0 Å². The zero-order valence-corrected chi connectivity index (χ0v) is 15.2. The van der Waals surface area contributed by atoms with Gasteiger partial charge in [0.25, 0.3) is 5.91 Å². The highest BCUT2D eigenvalue weighted by Crippen LogP contribution is 2.21. The Balaban J connectivity index is 0.00000288. The van der Waals surface area contributed by atoms with Crippen LogP contribution in [-0.4, -0.2) is 33.8 Å². The van der Waals surface area contributed by atoms with E-state index in [9.17, 15) is 4.79 Å². The molecule has 0 spiro atoms. The molecule has 0 aliphatic heterocycles. The van der Waals surface area contributed by atoms with Crippen molar-refractivity contribution in [3.8, 4) is 5.69 Å². The lowest BCUT2D eigenvalue weighted by atomic mass is 10.3. The molecule has 0 saturated carbocycles. The fourth-order valence-electron chi connectivity index (χ4n) is 2.19. The number of aromatic nitrogens is 3. The van der Waals surface area contributed by atoms with Crippen molar-refractivity contribution in [3.63, 3.8) is 0 Å². The number of para-hydroxylation sites is 1. The third-order valence-corrected chi connectivity index (χ3v) is 3.67. The topological polar surface area (TPSA) is 85.8 Å². The van der Waals surface area contributed by atoms with E-state index in [4.69, 9.17) is 17.3 Å². The molecular formula is C16H23Cl2N5O. The first-order valence-electron chi connectivity index (χ1n) is 7.86. The Bertz CT molecular complexity index is 660. The van der Waals surface area contributed by atoms with Crippen molar-refractivity contribution in [1.82, 2.24) is 20.1 Å². The molecule has 0 saturated heterocycles. The maximum Gasteiger partial charge on any atom is 0.290 e. The smallest absolute Gasteiger partial charge is 0.290 e. The van der Waals surface area contributed by atoms with Gasteiger partial charge in [-0.1, -0.05) is 30.7 Å². The van der Waals surface area contributed by atoms with Crippen LogP contribution in [0.25, 0.3) is 5.69 Å². The van der Waals surface area contributed by atoms with Crippen molar-refractivity contribution >= 4 is 29.9 Å². The van der Waals surface area contributed by atoms with Gasteiger partial charge in [0.05, 0.1) is 10.7 Å². The number of nitrogens with two attached hydrogens (primary N) is 1. The lowest BCUT2D eigenvalue weighted by molar-refractivity contribution is 0.0942. The van der Waals surface area contributed by atoms with Crippen molar-refractivity contribution in [3.05, 3.63) is 40.9 Å². The number of halogens is 2. The third kappa shape index (κ3) is 5.19. The van der Waals surface area contributed by atoms with Gasteiger partial charge in [-0.2, -0.15) is 0 Å². The lowest BCUT2D eigenvalue weighted by Crippen LogP contribution is -2.26. The number of benzene rings is 1. The average Bonchev–Trinajstić information content (AvgIpc) is 2.96. The summed E-state index contributed by atoms with van der Waals surface area (Å²) < 4.78 is 1.65. The number of carbonyl (C=O) groups is 1. The highest BCUT2D eigenvalue weighted by molar-refractivity contribution is 6.32. The molecule has 2 aromatic rings. The van der Waals surface area contributed by atoms with E-state index in [2.05, 4.69) is 22.3 Å². The molecule has 8 heteroatoms. The number of unbranched alkanes of at least 4 members (excludes halogenated alkanes) is 1. The molecule has 3 N–H and O–H groups in total. The predicted molar refractivity (Wildman–Crippen MR) is 98.2 cm³/mol. The number of nitrogens with one attached hydrogen (secondary N) is 1. The van der Waals surface area contributed by atoms with Crippen LogP contribution in [0.15, 0.2) is 24.3 Å². The van der Waals surface area contributed by atoms with Gasteiger partial charge in [-0.25, -0.2) is 9.67 Å². The second-order valence-electron chi connectivity index (χ2n) is 5.22. The summed E-state index contributed by atoms with van der Waals surface area (Å²) >= 11 is 6.24. The Morgan fingerprint density at radius 1 is 1.33 bits per heavy atom. The van der Waals surface area contributed by atoms with Crippen LogP contribution >= 0.6 is 24.0 Å². The zero-order valence-electron chi connectivity index (χ0n) is 13.7. The van der Waals surface area contributed by atoms with Crippen LogP contribution in [0, 0.1) is 0 Å². The number of nitrogens with zero attached hydrogens (tertiary/aromatic N) is 3. The molecule has 1 amide bonds. The summed E-state index contributed by atoms with van der Waals surface area (Å²) in [4.78, 5) is 16.6. The molecule has 0 aliphatic carbocycles. The Morgan fingerprint density at radius 2 is 2.08 bits per heavy atom. The van der Waals surface area contributed by atoms with E-state index in [-0.39, 0.29) is 24.1 Å². The van der Waals surface area contributed by atoms with Gasteiger partial charge in [-0.05, 0) is 37.9 Å². The molecular weight excluding hydrogens is 349 g/mol. The number of amides is 1. The van der Waals surface area contributed by atoms with E-state index in [1.54, 1.807) is 10.7 Å². The fraction of sp³-hybridized carbons (Fsp3) is 0.438. The normalized spacial score (nSPS) is 10.3. The number of aryl methyl sites for hydroxylation is 1. The van der Waals surface area contributed by atoms with Crippen molar-refractivity contribution in [2.75, 3.05) is 13.1 Å². The predicted octanol–water partition coefficient (Wildman–Crippen LogP) is 2.76. The first-order valence-corrected chi connectivity index (χ1v) is 8.24. The second-order valence-corrected chi connectivity index (χ2v) is 5.62. The number of carbonyl (C=O) groups excluding carboxylic acids is 1. The summed E-state index contributed by atoms with van der Waals surface area (Å²) in [6.07, 6.45) is 3.34. The van der Waals surface area contributed by atoms with Gasteiger partial charge in [0.2, 0.25) is 5.82 Å². The highest BCUT2D eigenvalue weighted by Gasteiger charge is 2.17. The SMILES string of the molecule is CCCc1nc(C(=O)NCCCCN)nn1-c1ccccc1Cl.Cl. The van der Waals surface area contributed by atoms with Gasteiger partial charge < -0.3 is 11.1 Å². The van der Waals surface area contributed by atoms with Crippen molar-refractivity contribution in [2.45, 2.75) is 32.6 Å². The standard InChI is InChI=1S/C16H22ClN5O.ClH/c1-2-7-14-20-15(16(23)19-11-6-5-10-18)21-22(14)13-9-4-3-8-12(13)17;/h3-4,8-9H,2,5-7,10-11,18H2,1H3,(H,19,23);1H. The van der Waals surface area contributed by atoms with E-state index in [1.807, 2.05) is 18.2 Å². The van der Waals surface area contributed by atoms with E-state index in [0.29, 0.717) is 18.1 Å². The minimum Gasteiger partial charge on any atom is -0.349 e. The average molecular weight is 372 g/mol. The second kappa shape index (κ2) is 10.3. The summed E-state index contributed by atoms with van der Waals surface area (Å²) in [7, 11) is 0. The number of hydrogen-bond acceptors (Lipinski definition) is 4. The molecule has 0 bridgehead atoms. The van der Waals surface area contributed by atoms with E-state index < -0.39 is 0 Å². The minimum atomic E-state index is -0.273. The Morgan fingerprint density at radius 3 is 2.75 bits per heavy atom. The van der Waals surface area contributed by atoms with Crippen LogP contribution in [0.4, 0.5) is 0 Å². The molecule has 2 rings (SSSR count). The van der Waals surface area contributed by atoms with E-state index in [0.717, 1.165) is 37.2 Å². The van der Waals surface area contributed by atoms with Gasteiger partial charge in [-0.3, -0.25) is 4.79 Å². The first kappa shape index (κ1) is 20.4. The molecule has 6 nitrogen and oxygen atoms in total. The van der Waals surface area contributed by atoms with Crippen LogP contribution in [0.2, 0.25) is 5.02 Å². The van der Waals surface area contributed by atoms with Crippen molar-refractivity contribution in [1.29, 1.82) is 0 Å². The van der Waals surface area contributed by atoms with Gasteiger partial charge in [0.1, 0.15) is 5.82 Å². The first-order chi connectivity index (χ1) is 11.2. The molecule has 0 unspecified atom stereocenters. The molecule has 132 valence electrons. The molecule has 24 heavy (non-hydrogen) atoms. The Hall–Kier alpha value is -1.63. The molecule has 0 atom stereocenters. The van der Waals surface area contributed by atoms with Gasteiger partial charge in [0.15, 0.2) is 0 Å². The maximum absolute atomic E-state index is 12.2. The van der Waals surface area contributed by atoms with Crippen LogP contribution in [0.3, 0.4) is 0 Å². The monoisotopic (exact) mass is 371 g/mol. The quantitative estimate of drug-likeness (QED) is 0.698. The van der Waals surface area contributed by atoms with Crippen molar-refractivity contribution < 1.29 is 4.79 Å². The van der Waals surface area contributed by atoms with Gasteiger partial charge in [-0.15, -0.1) is 17.5 Å². The lowest BCUT2D eigenvalue weighted by Gasteiger charge is -2.06. The summed E-state index contributed by atoms with van der Waals surface area (Å²) in [6.45, 7) is 3.24. The molecule has 1 aromatic carbocycles. The molecule has 0 radical (unpaired) electrons. The molecule has 1 aromatic heterocycles. The Labute approximate surface area is 153 Å². The number of rotatable bonds is 8. The van der Waals surface area contributed by atoms with Gasteiger partial charge in [0, 0.05) is 13.0 Å². The van der Waals surface area contributed by atoms with Crippen molar-refractivity contribution in [2.24, 2.45) is 5.73 Å². The van der Waals surface area contributed by atoms with Crippen LogP contribution < -0.4 is 11.1 Å². The summed E-state index contributed by atoms with van der Waals surface area (Å²) in [5.41, 5.74) is 6.17. The molecule has 1 heterocycles. The maximum atomic E-state index is 12.2.